The van der Waals surface area contributed by atoms with Crippen molar-refractivity contribution in [1.29, 1.82) is 0 Å². The molecule has 1 fully saturated rings. The van der Waals surface area contributed by atoms with Gasteiger partial charge in [0.2, 0.25) is 5.88 Å². The third-order valence-electron chi connectivity index (χ3n) is 6.32. The smallest absolute Gasteiger partial charge is 0.290 e. The second-order valence-electron chi connectivity index (χ2n) is 8.60. The number of ether oxygens (including phenoxy) is 1. The lowest BCUT2D eigenvalue weighted by molar-refractivity contribution is 0.147. The molecule has 5 N–H and O–H groups in total. The normalized spacial score (nSPS) is 18.9. The summed E-state index contributed by atoms with van der Waals surface area (Å²) < 4.78 is 7.58. The number of anilines is 1. The molecule has 10 nitrogen and oxygen atoms in total. The van der Waals surface area contributed by atoms with Crippen molar-refractivity contribution in [3.8, 4) is 22.9 Å². The summed E-state index contributed by atoms with van der Waals surface area (Å²) in [6, 6.07) is 13.1. The number of aromatic amines is 1. The molecule has 180 valence electrons. The van der Waals surface area contributed by atoms with Gasteiger partial charge < -0.3 is 15.6 Å². The zero-order chi connectivity index (χ0) is 24.4. The maximum atomic E-state index is 12.8. The Morgan fingerprint density at radius 1 is 1.20 bits per heavy atom. The number of aliphatic hydroxyl groups excluding tert-OH is 1. The number of hydrogen-bond donors (Lipinski definition) is 4. The molecule has 1 aromatic carbocycles. The monoisotopic (exact) mass is 473 g/mol. The van der Waals surface area contributed by atoms with Gasteiger partial charge in [0.25, 0.3) is 5.56 Å². The number of benzene rings is 1. The number of nitrogens with one attached hydrogen (secondary N) is 2. The van der Waals surface area contributed by atoms with Gasteiger partial charge in [-0.25, -0.2) is 10.1 Å². The fourth-order valence-electron chi connectivity index (χ4n) is 4.59. The lowest BCUT2D eigenvalue weighted by Crippen LogP contribution is -2.39. The number of pyridine rings is 1. The maximum absolute atomic E-state index is 12.8. The molecule has 0 saturated heterocycles. The van der Waals surface area contributed by atoms with E-state index >= 15 is 0 Å². The highest BCUT2D eigenvalue weighted by atomic mass is 16.5. The molecule has 0 aliphatic heterocycles. The van der Waals surface area contributed by atoms with Crippen LogP contribution in [0.15, 0.2) is 66.1 Å². The van der Waals surface area contributed by atoms with E-state index in [4.69, 9.17) is 15.6 Å². The molecule has 3 heterocycles. The Hall–Kier alpha value is -4.02. The van der Waals surface area contributed by atoms with E-state index < -0.39 is 6.23 Å². The Bertz CT molecular complexity index is 1370. The second kappa shape index (κ2) is 9.69. The van der Waals surface area contributed by atoms with E-state index in [9.17, 15) is 9.90 Å². The van der Waals surface area contributed by atoms with Crippen LogP contribution in [0.3, 0.4) is 0 Å². The van der Waals surface area contributed by atoms with Gasteiger partial charge in [-0.1, -0.05) is 12.6 Å². The molecule has 0 radical (unpaired) electrons. The van der Waals surface area contributed by atoms with Gasteiger partial charge in [0, 0.05) is 23.9 Å². The van der Waals surface area contributed by atoms with Gasteiger partial charge in [0.1, 0.15) is 23.2 Å². The molecule has 0 spiro atoms. The maximum Gasteiger partial charge on any atom is 0.290 e. The topological polar surface area (TPSA) is 144 Å². The highest BCUT2D eigenvalue weighted by Gasteiger charge is 2.28. The Morgan fingerprint density at radius 3 is 2.66 bits per heavy atom. The van der Waals surface area contributed by atoms with E-state index in [0.29, 0.717) is 28.2 Å². The Labute approximate surface area is 201 Å². The average molecular weight is 474 g/mol. The van der Waals surface area contributed by atoms with Crippen molar-refractivity contribution in [2.75, 3.05) is 5.73 Å². The van der Waals surface area contributed by atoms with Gasteiger partial charge in [-0.3, -0.25) is 14.8 Å². The third kappa shape index (κ3) is 4.66. The van der Waals surface area contributed by atoms with Crippen LogP contribution < -0.4 is 21.3 Å². The van der Waals surface area contributed by atoms with Crippen LogP contribution in [0.1, 0.15) is 31.7 Å². The molecular weight excluding hydrogens is 446 g/mol. The van der Waals surface area contributed by atoms with E-state index in [1.54, 1.807) is 16.9 Å². The number of hydrogen-bond acceptors (Lipinski definition) is 8. The fraction of sp³-hybridized carbons (Fsp3) is 0.280. The van der Waals surface area contributed by atoms with Crippen molar-refractivity contribution in [3.63, 3.8) is 0 Å². The fourth-order valence-corrected chi connectivity index (χ4v) is 4.59. The molecule has 1 saturated carbocycles. The van der Waals surface area contributed by atoms with Gasteiger partial charge in [-0.15, -0.1) is 0 Å². The molecule has 1 aliphatic carbocycles. The lowest BCUT2D eigenvalue weighted by Gasteiger charge is -2.30. The minimum atomic E-state index is -0.730. The van der Waals surface area contributed by atoms with E-state index in [1.165, 1.54) is 6.08 Å². The summed E-state index contributed by atoms with van der Waals surface area (Å²) in [6.45, 7) is 3.60. The van der Waals surface area contributed by atoms with Crippen LogP contribution in [0.4, 0.5) is 5.82 Å². The zero-order valence-corrected chi connectivity index (χ0v) is 19.1. The highest BCUT2D eigenvalue weighted by Crippen LogP contribution is 2.36. The minimum Gasteiger partial charge on any atom is -0.439 e. The van der Waals surface area contributed by atoms with Crippen molar-refractivity contribution in [3.05, 3.63) is 71.7 Å². The summed E-state index contributed by atoms with van der Waals surface area (Å²) >= 11 is 0. The van der Waals surface area contributed by atoms with E-state index in [1.807, 2.05) is 36.4 Å². The first kappa shape index (κ1) is 22.8. The van der Waals surface area contributed by atoms with Crippen LogP contribution in [0.25, 0.3) is 22.2 Å². The third-order valence-corrected chi connectivity index (χ3v) is 6.32. The molecule has 0 amide bonds. The number of nitrogens with zero attached hydrogens (tertiary/aromatic N) is 4. The van der Waals surface area contributed by atoms with Crippen LogP contribution in [0, 0.1) is 0 Å². The van der Waals surface area contributed by atoms with Crippen molar-refractivity contribution in [2.45, 2.75) is 44.0 Å². The summed E-state index contributed by atoms with van der Waals surface area (Å²) in [7, 11) is 0. The van der Waals surface area contributed by atoms with Crippen molar-refractivity contribution in [2.24, 2.45) is 0 Å². The number of fused-ring (bicyclic) bond motifs is 1. The zero-order valence-electron chi connectivity index (χ0n) is 19.1. The van der Waals surface area contributed by atoms with Crippen LogP contribution in [0.5, 0.6) is 11.6 Å². The first-order valence-corrected chi connectivity index (χ1v) is 11.6. The largest absolute Gasteiger partial charge is 0.439 e. The first-order valence-electron chi connectivity index (χ1n) is 11.6. The van der Waals surface area contributed by atoms with Gasteiger partial charge >= 0.3 is 0 Å². The van der Waals surface area contributed by atoms with Crippen LogP contribution >= 0.6 is 0 Å². The van der Waals surface area contributed by atoms with Crippen molar-refractivity contribution >= 4 is 16.7 Å². The lowest BCUT2D eigenvalue weighted by atomic mass is 9.91. The van der Waals surface area contributed by atoms with Gasteiger partial charge in [-0.05, 0) is 62.1 Å². The number of H-pyrrole nitrogens is 1. The average Bonchev–Trinajstić information content (AvgIpc) is 3.30. The van der Waals surface area contributed by atoms with E-state index in [0.717, 1.165) is 31.2 Å². The molecule has 1 atom stereocenters. The molecule has 0 bridgehead atoms. The second-order valence-corrected chi connectivity index (χ2v) is 8.60. The SMILES string of the molecule is C=CC(O)N[C@H]1CC[C@@H](n2nc(-c3ccc(Oc4ccccn4)cc3)c3c(N)n[nH]c(=O)c32)CC1. The quantitative estimate of drug-likeness (QED) is 0.237. The minimum absolute atomic E-state index is 0.0276. The van der Waals surface area contributed by atoms with Crippen LogP contribution in [-0.4, -0.2) is 42.3 Å². The van der Waals surface area contributed by atoms with Crippen LogP contribution in [-0.2, 0) is 0 Å². The summed E-state index contributed by atoms with van der Waals surface area (Å²) in [5.41, 5.74) is 7.70. The Balaban J connectivity index is 1.46. The van der Waals surface area contributed by atoms with Crippen molar-refractivity contribution in [1.82, 2.24) is 30.3 Å². The first-order chi connectivity index (χ1) is 17.0. The predicted octanol–water partition coefficient (Wildman–Crippen LogP) is 3.13. The highest BCUT2D eigenvalue weighted by molar-refractivity contribution is 5.99. The molecule has 1 unspecified atom stereocenters. The van der Waals surface area contributed by atoms with E-state index in [-0.39, 0.29) is 23.5 Å². The van der Waals surface area contributed by atoms with Gasteiger partial charge in [0.15, 0.2) is 5.82 Å². The Morgan fingerprint density at radius 2 is 1.97 bits per heavy atom. The van der Waals surface area contributed by atoms with Crippen LogP contribution in [0.2, 0.25) is 0 Å². The molecule has 35 heavy (non-hydrogen) atoms. The molecule has 4 aromatic rings. The molecule has 5 rings (SSSR count). The molecule has 10 heteroatoms. The predicted molar refractivity (Wildman–Crippen MR) is 133 cm³/mol. The summed E-state index contributed by atoms with van der Waals surface area (Å²) in [4.78, 5) is 17.0. The summed E-state index contributed by atoms with van der Waals surface area (Å²) in [5.74, 6) is 1.35. The van der Waals surface area contributed by atoms with E-state index in [2.05, 4.69) is 27.1 Å². The van der Waals surface area contributed by atoms with Crippen molar-refractivity contribution < 1.29 is 9.84 Å². The number of aromatic nitrogens is 5. The van der Waals surface area contributed by atoms with Gasteiger partial charge in [0.05, 0.1) is 11.4 Å². The number of aliphatic hydroxyl groups is 1. The molecular formula is C25H27N7O3. The molecule has 1 aliphatic rings. The number of nitrogen functional groups attached to an aromatic ring is 1. The van der Waals surface area contributed by atoms with Gasteiger partial charge in [-0.2, -0.15) is 10.2 Å². The standard InChI is InChI=1S/C25H27N7O3/c1-2-19(33)28-16-8-10-17(11-9-16)32-23-21(24(26)29-30-25(23)34)22(31-32)15-6-12-18(13-7-15)35-20-5-3-4-14-27-20/h2-7,12-14,16-17,19,28,33H,1,8-11H2,(H2,26,29)(H,30,34)/t16-,17+,19?. The number of nitrogens with two attached hydrogens (primary N) is 1. The molecule has 3 aromatic heterocycles. The Kier molecular flexibility index (Phi) is 6.30. The summed E-state index contributed by atoms with van der Waals surface area (Å²) in [5, 5.41) is 24.8. The summed E-state index contributed by atoms with van der Waals surface area (Å²) in [6.07, 6.45) is 5.69. The number of rotatable bonds is 7.